The van der Waals surface area contributed by atoms with Crippen LogP contribution in [-0.4, -0.2) is 31.2 Å². The largest absolute Gasteiger partial charge is 0.492 e. The normalized spacial score (nSPS) is 10.0. The van der Waals surface area contributed by atoms with Gasteiger partial charge in [-0.25, -0.2) is 4.98 Å². The van der Waals surface area contributed by atoms with Crippen LogP contribution >= 0.6 is 23.7 Å². The van der Waals surface area contributed by atoms with Crippen molar-refractivity contribution in [2.45, 2.75) is 13.5 Å². The van der Waals surface area contributed by atoms with E-state index in [1.165, 1.54) is 11.3 Å². The number of nitrogens with two attached hydrogens (primary N) is 1. The zero-order valence-electron chi connectivity index (χ0n) is 13.0. The average Bonchev–Trinajstić information content (AvgIpc) is 2.88. The highest BCUT2D eigenvalue weighted by Gasteiger charge is 2.15. The molecule has 0 unspecified atom stereocenters. The van der Waals surface area contributed by atoms with Gasteiger partial charge in [0.15, 0.2) is 0 Å². The molecule has 23 heavy (non-hydrogen) atoms. The van der Waals surface area contributed by atoms with Crippen LogP contribution in [0.1, 0.15) is 20.4 Å². The lowest BCUT2D eigenvalue weighted by atomic mass is 10.3. The first-order valence-corrected chi connectivity index (χ1v) is 7.65. The Hall–Kier alpha value is -1.67. The monoisotopic (exact) mass is 357 g/mol. The molecule has 0 bridgehead atoms. The van der Waals surface area contributed by atoms with Gasteiger partial charge in [0.2, 0.25) is 0 Å². The van der Waals surface area contributed by atoms with Gasteiger partial charge in [0.05, 0.1) is 12.3 Å². The van der Waals surface area contributed by atoms with Crippen molar-refractivity contribution >= 4 is 35.3 Å². The first kappa shape index (κ1) is 19.4. The Balaban J connectivity index is 0.00000264. The molecule has 1 amide bonds. The Morgan fingerprint density at radius 3 is 2.65 bits per heavy atom. The molecule has 0 fully saturated rings. The summed E-state index contributed by atoms with van der Waals surface area (Å²) in [7, 11) is 1.60. The van der Waals surface area contributed by atoms with Gasteiger partial charge in [0, 0.05) is 19.3 Å². The van der Waals surface area contributed by atoms with Gasteiger partial charge in [-0.15, -0.1) is 23.7 Å². The molecule has 0 aliphatic carbocycles. The van der Waals surface area contributed by atoms with Crippen molar-refractivity contribution < 1.29 is 14.3 Å². The maximum absolute atomic E-state index is 12.3. The quantitative estimate of drug-likeness (QED) is 0.795. The predicted molar refractivity (Wildman–Crippen MR) is 93.8 cm³/mol. The van der Waals surface area contributed by atoms with E-state index in [0.29, 0.717) is 36.0 Å². The number of rotatable bonds is 7. The molecule has 2 aromatic rings. The Morgan fingerprint density at radius 1 is 1.35 bits per heavy atom. The molecule has 0 aliphatic rings. The van der Waals surface area contributed by atoms with E-state index in [4.69, 9.17) is 15.2 Å². The summed E-state index contributed by atoms with van der Waals surface area (Å²) in [5.41, 5.74) is 6.78. The van der Waals surface area contributed by atoms with Crippen molar-refractivity contribution in [2.75, 3.05) is 25.6 Å². The highest BCUT2D eigenvalue weighted by Crippen LogP contribution is 2.21. The van der Waals surface area contributed by atoms with Gasteiger partial charge < -0.3 is 20.5 Å². The predicted octanol–water partition coefficient (Wildman–Crippen LogP) is 2.61. The van der Waals surface area contributed by atoms with Gasteiger partial charge in [-0.3, -0.25) is 4.79 Å². The van der Waals surface area contributed by atoms with Gasteiger partial charge in [0.25, 0.3) is 5.91 Å². The van der Waals surface area contributed by atoms with Crippen molar-refractivity contribution in [3.05, 3.63) is 39.8 Å². The average molecular weight is 358 g/mol. The molecule has 0 saturated carbocycles. The Labute approximate surface area is 145 Å². The number of nitrogens with one attached hydrogen (secondary N) is 1. The van der Waals surface area contributed by atoms with E-state index < -0.39 is 0 Å². The third kappa shape index (κ3) is 5.47. The molecule has 3 N–H and O–H groups in total. The number of carbonyl (C=O) groups is 1. The fraction of sp³-hybridized carbons (Fsp3) is 0.333. The van der Waals surface area contributed by atoms with Crippen LogP contribution in [-0.2, 0) is 11.3 Å². The summed E-state index contributed by atoms with van der Waals surface area (Å²) >= 11 is 1.34. The summed E-state index contributed by atoms with van der Waals surface area (Å²) in [5, 5.41) is 3.64. The summed E-state index contributed by atoms with van der Waals surface area (Å²) < 4.78 is 10.4. The van der Waals surface area contributed by atoms with Crippen molar-refractivity contribution in [3.8, 4) is 5.75 Å². The second-order valence-electron chi connectivity index (χ2n) is 4.57. The van der Waals surface area contributed by atoms with Crippen molar-refractivity contribution in [2.24, 2.45) is 5.73 Å². The maximum atomic E-state index is 12.3. The van der Waals surface area contributed by atoms with E-state index >= 15 is 0 Å². The number of hydrogen-bond acceptors (Lipinski definition) is 6. The summed E-state index contributed by atoms with van der Waals surface area (Å²) in [5.74, 6) is 0.549. The van der Waals surface area contributed by atoms with E-state index in [-0.39, 0.29) is 18.3 Å². The smallest absolute Gasteiger partial charge is 0.267 e. The summed E-state index contributed by atoms with van der Waals surface area (Å²) in [6.07, 6.45) is 0. The summed E-state index contributed by atoms with van der Waals surface area (Å²) in [6, 6.07) is 7.16. The number of thiazole rings is 1. The van der Waals surface area contributed by atoms with Crippen LogP contribution in [0.3, 0.4) is 0 Å². The van der Waals surface area contributed by atoms with Gasteiger partial charge in [-0.05, 0) is 31.2 Å². The molecular formula is C15H20ClN3O3S. The first-order chi connectivity index (χ1) is 10.6. The number of anilines is 1. The Bertz CT molecular complexity index is 631. The first-order valence-electron chi connectivity index (χ1n) is 6.83. The van der Waals surface area contributed by atoms with Crippen LogP contribution in [0.5, 0.6) is 5.75 Å². The molecule has 0 aliphatic heterocycles. The maximum Gasteiger partial charge on any atom is 0.267 e. The number of ether oxygens (including phenoxy) is 2. The lowest BCUT2D eigenvalue weighted by molar-refractivity contribution is 0.103. The second-order valence-corrected chi connectivity index (χ2v) is 5.65. The minimum Gasteiger partial charge on any atom is -0.492 e. The number of carbonyl (C=O) groups excluding carboxylic acids is 1. The molecule has 2 rings (SSSR count). The summed E-state index contributed by atoms with van der Waals surface area (Å²) in [4.78, 5) is 17.2. The van der Waals surface area contributed by atoms with E-state index in [1.807, 2.05) is 6.92 Å². The third-order valence-electron chi connectivity index (χ3n) is 2.81. The number of aryl methyl sites for hydroxylation is 1. The molecule has 8 heteroatoms. The highest BCUT2D eigenvalue weighted by atomic mass is 35.5. The third-order valence-corrected chi connectivity index (χ3v) is 3.94. The highest BCUT2D eigenvalue weighted by molar-refractivity contribution is 7.13. The number of aromatic nitrogens is 1. The van der Waals surface area contributed by atoms with Crippen LogP contribution < -0.4 is 15.8 Å². The molecule has 126 valence electrons. The molecule has 0 atom stereocenters. The molecule has 0 radical (unpaired) electrons. The number of methoxy groups -OCH3 is 1. The summed E-state index contributed by atoms with van der Waals surface area (Å²) in [6.45, 7) is 3.15. The second kappa shape index (κ2) is 9.46. The minimum absolute atomic E-state index is 0. The number of benzene rings is 1. The van der Waals surface area contributed by atoms with Gasteiger partial charge in [-0.2, -0.15) is 0 Å². The fourth-order valence-corrected chi connectivity index (χ4v) is 2.78. The van der Waals surface area contributed by atoms with Crippen LogP contribution in [0.4, 0.5) is 5.69 Å². The van der Waals surface area contributed by atoms with Crippen LogP contribution in [0.25, 0.3) is 0 Å². The van der Waals surface area contributed by atoms with Gasteiger partial charge >= 0.3 is 0 Å². The molecular weight excluding hydrogens is 338 g/mol. The SMILES string of the molecule is COCc1nc(C)c(C(=O)Nc2ccc(OCCN)cc2)s1.Cl. The van der Waals surface area contributed by atoms with Crippen LogP contribution in [0, 0.1) is 6.92 Å². The van der Waals surface area contributed by atoms with Crippen molar-refractivity contribution in [3.63, 3.8) is 0 Å². The van der Waals surface area contributed by atoms with E-state index in [1.54, 1.807) is 31.4 Å². The number of nitrogens with zero attached hydrogens (tertiary/aromatic N) is 1. The number of hydrogen-bond donors (Lipinski definition) is 2. The van der Waals surface area contributed by atoms with Gasteiger partial charge in [-0.1, -0.05) is 0 Å². The lowest BCUT2D eigenvalue weighted by Gasteiger charge is -2.07. The minimum atomic E-state index is -0.173. The van der Waals surface area contributed by atoms with Crippen molar-refractivity contribution in [1.82, 2.24) is 4.98 Å². The molecule has 0 saturated heterocycles. The van der Waals surface area contributed by atoms with Crippen LogP contribution in [0.15, 0.2) is 24.3 Å². The topological polar surface area (TPSA) is 86.5 Å². The standard InChI is InChI=1S/C15H19N3O3S.ClH/c1-10-14(22-13(17-10)9-20-2)15(19)18-11-3-5-12(6-4-11)21-8-7-16;/h3-6H,7-9,16H2,1-2H3,(H,18,19);1H. The molecule has 6 nitrogen and oxygen atoms in total. The van der Waals surface area contributed by atoms with Crippen LogP contribution in [0.2, 0.25) is 0 Å². The molecule has 1 heterocycles. The van der Waals surface area contributed by atoms with Crippen molar-refractivity contribution in [1.29, 1.82) is 0 Å². The number of amides is 1. The molecule has 0 spiro atoms. The van der Waals surface area contributed by atoms with Gasteiger partial charge in [0.1, 0.15) is 22.2 Å². The zero-order valence-corrected chi connectivity index (χ0v) is 14.6. The molecule has 1 aromatic heterocycles. The fourth-order valence-electron chi connectivity index (χ4n) is 1.85. The lowest BCUT2D eigenvalue weighted by Crippen LogP contribution is -2.12. The molecule has 1 aromatic carbocycles. The van der Waals surface area contributed by atoms with E-state index in [9.17, 15) is 4.79 Å². The van der Waals surface area contributed by atoms with E-state index in [0.717, 1.165) is 10.8 Å². The Morgan fingerprint density at radius 2 is 2.04 bits per heavy atom. The zero-order chi connectivity index (χ0) is 15.9. The van der Waals surface area contributed by atoms with E-state index in [2.05, 4.69) is 10.3 Å². The Kier molecular flexibility index (Phi) is 7.97. The number of halogens is 1.